The van der Waals surface area contributed by atoms with Crippen molar-refractivity contribution in [3.63, 3.8) is 0 Å². The van der Waals surface area contributed by atoms with Crippen LogP contribution >= 0.6 is 0 Å². The minimum absolute atomic E-state index is 0.0280. The lowest BCUT2D eigenvalue weighted by Crippen LogP contribution is -2.52. The van der Waals surface area contributed by atoms with Gasteiger partial charge in [0, 0.05) is 38.2 Å². The Kier molecular flexibility index (Phi) is 4.74. The Hall–Kier alpha value is -2.44. The number of rotatable bonds is 4. The number of piperazine rings is 1. The molecule has 25 heavy (non-hydrogen) atoms. The molecule has 1 aromatic carbocycles. The fourth-order valence-electron chi connectivity index (χ4n) is 3.43. The molecule has 1 N–H and O–H groups in total. The molecule has 1 saturated carbocycles. The van der Waals surface area contributed by atoms with Crippen molar-refractivity contribution in [3.05, 3.63) is 35.6 Å². The predicted octanol–water partition coefficient (Wildman–Crippen LogP) is 1.76. The fraction of sp³-hybridized carbons (Fsp3) is 0.500. The van der Waals surface area contributed by atoms with Gasteiger partial charge >= 0.3 is 5.97 Å². The van der Waals surface area contributed by atoms with Crippen LogP contribution in [0.25, 0.3) is 0 Å². The van der Waals surface area contributed by atoms with Crippen LogP contribution in [0.3, 0.4) is 0 Å². The van der Waals surface area contributed by atoms with Gasteiger partial charge in [-0.1, -0.05) is 12.5 Å². The van der Waals surface area contributed by atoms with Crippen LogP contribution in [-0.4, -0.2) is 58.9 Å². The maximum atomic E-state index is 13.3. The van der Waals surface area contributed by atoms with Gasteiger partial charge in [-0.3, -0.25) is 14.4 Å². The Bertz CT molecular complexity index is 694. The number of halogens is 1. The van der Waals surface area contributed by atoms with Crippen LogP contribution < -0.4 is 0 Å². The number of carboxylic acids is 1. The maximum Gasteiger partial charge on any atom is 0.310 e. The molecule has 2 aliphatic rings. The molecule has 0 unspecified atom stereocenters. The number of carbonyl (C=O) groups is 3. The quantitative estimate of drug-likeness (QED) is 0.899. The smallest absolute Gasteiger partial charge is 0.310 e. The largest absolute Gasteiger partial charge is 0.481 e. The third-order valence-electron chi connectivity index (χ3n) is 5.25. The second kappa shape index (κ2) is 6.82. The minimum Gasteiger partial charge on any atom is -0.481 e. The molecule has 0 atom stereocenters. The summed E-state index contributed by atoms with van der Waals surface area (Å²) in [6, 6.07) is 5.54. The van der Waals surface area contributed by atoms with Crippen LogP contribution in [0.2, 0.25) is 0 Å². The van der Waals surface area contributed by atoms with E-state index in [0.29, 0.717) is 44.6 Å². The van der Waals surface area contributed by atoms with Crippen molar-refractivity contribution >= 4 is 17.8 Å². The van der Waals surface area contributed by atoms with E-state index in [-0.39, 0.29) is 18.2 Å². The summed E-state index contributed by atoms with van der Waals surface area (Å²) in [5.74, 6) is -1.78. The summed E-state index contributed by atoms with van der Waals surface area (Å²) in [5, 5.41) is 9.34. The van der Waals surface area contributed by atoms with Crippen molar-refractivity contribution in [1.29, 1.82) is 0 Å². The average molecular weight is 348 g/mol. The first-order valence-corrected chi connectivity index (χ1v) is 8.47. The normalized spacial score (nSPS) is 19.2. The monoisotopic (exact) mass is 348 g/mol. The molecule has 1 aliphatic carbocycles. The Morgan fingerprint density at radius 3 is 2.24 bits per heavy atom. The average Bonchev–Trinajstić information content (AvgIpc) is 2.57. The number of carbonyl (C=O) groups excluding carboxylic acids is 2. The molecule has 134 valence electrons. The van der Waals surface area contributed by atoms with Gasteiger partial charge < -0.3 is 14.9 Å². The van der Waals surface area contributed by atoms with Crippen LogP contribution in [0, 0.1) is 11.2 Å². The summed E-state index contributed by atoms with van der Waals surface area (Å²) in [5.41, 5.74) is -0.606. The molecule has 1 heterocycles. The lowest BCUT2D eigenvalue weighted by molar-refractivity contribution is -0.159. The van der Waals surface area contributed by atoms with Crippen LogP contribution in [-0.2, 0) is 9.59 Å². The Morgan fingerprint density at radius 1 is 1.08 bits per heavy atom. The molecule has 2 fully saturated rings. The summed E-state index contributed by atoms with van der Waals surface area (Å²) in [6.45, 7) is 1.47. The zero-order chi connectivity index (χ0) is 18.0. The van der Waals surface area contributed by atoms with E-state index in [2.05, 4.69) is 0 Å². The highest BCUT2D eigenvalue weighted by atomic mass is 19.1. The first-order valence-electron chi connectivity index (χ1n) is 8.47. The number of hydrogen-bond acceptors (Lipinski definition) is 3. The summed E-state index contributed by atoms with van der Waals surface area (Å²) < 4.78 is 13.3. The summed E-state index contributed by atoms with van der Waals surface area (Å²) in [6.07, 6.45) is 1.97. The van der Waals surface area contributed by atoms with Crippen molar-refractivity contribution in [1.82, 2.24) is 9.80 Å². The predicted molar refractivity (Wildman–Crippen MR) is 87.4 cm³/mol. The van der Waals surface area contributed by atoms with Gasteiger partial charge in [0.1, 0.15) is 5.82 Å². The van der Waals surface area contributed by atoms with Gasteiger partial charge in [-0.2, -0.15) is 0 Å². The fourth-order valence-corrected chi connectivity index (χ4v) is 3.43. The number of amides is 2. The Balaban J connectivity index is 1.55. The molecule has 0 radical (unpaired) electrons. The van der Waals surface area contributed by atoms with Crippen molar-refractivity contribution in [2.45, 2.75) is 25.7 Å². The van der Waals surface area contributed by atoms with Crippen molar-refractivity contribution in [2.75, 3.05) is 26.2 Å². The number of benzene rings is 1. The van der Waals surface area contributed by atoms with Crippen molar-refractivity contribution in [2.24, 2.45) is 5.41 Å². The highest BCUT2D eigenvalue weighted by molar-refractivity contribution is 5.94. The van der Waals surface area contributed by atoms with Gasteiger partial charge in [0.15, 0.2) is 0 Å². The van der Waals surface area contributed by atoms with E-state index in [0.717, 1.165) is 6.42 Å². The molecule has 7 heteroatoms. The maximum absolute atomic E-state index is 13.3. The summed E-state index contributed by atoms with van der Waals surface area (Å²) in [4.78, 5) is 39.4. The number of nitrogens with zero attached hydrogens (tertiary/aromatic N) is 2. The lowest BCUT2D eigenvalue weighted by atomic mass is 9.66. The molecule has 3 rings (SSSR count). The van der Waals surface area contributed by atoms with Crippen molar-refractivity contribution in [3.8, 4) is 0 Å². The van der Waals surface area contributed by atoms with Gasteiger partial charge in [-0.25, -0.2) is 4.39 Å². The molecule has 1 aromatic rings. The third kappa shape index (κ3) is 3.50. The van der Waals surface area contributed by atoms with Crippen LogP contribution in [0.5, 0.6) is 0 Å². The highest BCUT2D eigenvalue weighted by Gasteiger charge is 2.46. The highest BCUT2D eigenvalue weighted by Crippen LogP contribution is 2.44. The second-order valence-corrected chi connectivity index (χ2v) is 6.80. The van der Waals surface area contributed by atoms with E-state index in [9.17, 15) is 23.9 Å². The second-order valence-electron chi connectivity index (χ2n) is 6.80. The van der Waals surface area contributed by atoms with Gasteiger partial charge in [-0.15, -0.1) is 0 Å². The third-order valence-corrected chi connectivity index (χ3v) is 5.25. The zero-order valence-corrected chi connectivity index (χ0v) is 13.9. The van der Waals surface area contributed by atoms with E-state index >= 15 is 0 Å². The summed E-state index contributed by atoms with van der Waals surface area (Å²) >= 11 is 0. The van der Waals surface area contributed by atoms with E-state index < -0.39 is 17.2 Å². The zero-order valence-electron chi connectivity index (χ0n) is 13.9. The Labute approximate surface area is 145 Å². The molecule has 2 amide bonds. The molecule has 1 saturated heterocycles. The first kappa shape index (κ1) is 17.4. The van der Waals surface area contributed by atoms with Crippen LogP contribution in [0.15, 0.2) is 24.3 Å². The molecule has 0 spiro atoms. The minimum atomic E-state index is -0.897. The molecule has 0 bridgehead atoms. The molecular formula is C18H21FN2O4. The molecule has 0 aromatic heterocycles. The number of aliphatic carboxylic acids is 1. The van der Waals surface area contributed by atoms with Crippen molar-refractivity contribution < 1.29 is 23.9 Å². The van der Waals surface area contributed by atoms with Crippen LogP contribution in [0.1, 0.15) is 36.0 Å². The van der Waals surface area contributed by atoms with Gasteiger partial charge in [0.05, 0.1) is 5.41 Å². The molecule has 1 aliphatic heterocycles. The number of carboxylic acid groups (broad SMARTS) is 1. The first-order chi connectivity index (χ1) is 11.9. The van der Waals surface area contributed by atoms with E-state index in [4.69, 9.17) is 0 Å². The molecule has 6 nitrogen and oxygen atoms in total. The number of hydrogen-bond donors (Lipinski definition) is 1. The molecular weight excluding hydrogens is 327 g/mol. The van der Waals surface area contributed by atoms with E-state index in [1.807, 2.05) is 0 Å². The standard InChI is InChI=1S/C18H21FN2O4/c19-14-4-1-3-13(11-14)16(23)21-9-7-20(8-10-21)15(22)12-18(17(24)25)5-2-6-18/h1,3-4,11H,2,5-10,12H2,(H,24,25). The topological polar surface area (TPSA) is 77.9 Å². The van der Waals surface area contributed by atoms with Gasteiger partial charge in [0.2, 0.25) is 5.91 Å². The lowest BCUT2D eigenvalue weighted by Gasteiger charge is -2.40. The van der Waals surface area contributed by atoms with E-state index in [1.54, 1.807) is 15.9 Å². The summed E-state index contributed by atoms with van der Waals surface area (Å²) in [7, 11) is 0. The SMILES string of the molecule is O=C(CC1(C(=O)O)CCC1)N1CCN(C(=O)c2cccc(F)c2)CC1. The van der Waals surface area contributed by atoms with Crippen LogP contribution in [0.4, 0.5) is 4.39 Å². The Morgan fingerprint density at radius 2 is 1.72 bits per heavy atom. The van der Waals surface area contributed by atoms with Gasteiger partial charge in [-0.05, 0) is 31.0 Å². The van der Waals surface area contributed by atoms with Gasteiger partial charge in [0.25, 0.3) is 5.91 Å². The van der Waals surface area contributed by atoms with E-state index in [1.165, 1.54) is 18.2 Å².